The molecule has 3 aromatic rings. The van der Waals surface area contributed by atoms with Crippen molar-refractivity contribution in [1.29, 1.82) is 0 Å². The van der Waals surface area contributed by atoms with E-state index in [1.807, 2.05) is 30.3 Å². The van der Waals surface area contributed by atoms with Gasteiger partial charge in [-0.3, -0.25) is 4.90 Å². The molecule has 3 nitrogen and oxygen atoms in total. The van der Waals surface area contributed by atoms with Crippen LogP contribution in [0.3, 0.4) is 0 Å². The molecule has 0 bridgehead atoms. The molecule has 3 aromatic carbocycles. The van der Waals surface area contributed by atoms with Crippen LogP contribution in [-0.2, 0) is 6.42 Å². The van der Waals surface area contributed by atoms with Crippen molar-refractivity contribution in [2.75, 3.05) is 26.2 Å². The van der Waals surface area contributed by atoms with Crippen LogP contribution in [0.1, 0.15) is 24.0 Å². The molecule has 0 amide bonds. The van der Waals surface area contributed by atoms with Crippen molar-refractivity contribution >= 4 is 10.8 Å². The fourth-order valence-electron chi connectivity index (χ4n) is 3.72. The van der Waals surface area contributed by atoms with Crippen molar-refractivity contribution in [3.63, 3.8) is 0 Å². The summed E-state index contributed by atoms with van der Waals surface area (Å²) in [7, 11) is 0. The zero-order valence-corrected chi connectivity index (χ0v) is 15.0. The van der Waals surface area contributed by atoms with Gasteiger partial charge in [0.15, 0.2) is 0 Å². The first-order valence-corrected chi connectivity index (χ1v) is 9.43. The highest BCUT2D eigenvalue weighted by Gasteiger charge is 2.11. The Morgan fingerprint density at radius 1 is 0.885 bits per heavy atom. The Morgan fingerprint density at radius 2 is 1.65 bits per heavy atom. The van der Waals surface area contributed by atoms with Gasteiger partial charge in [-0.1, -0.05) is 42.5 Å². The molecule has 0 saturated carbocycles. The molecule has 134 valence electrons. The molecular formula is C23H25NO2. The van der Waals surface area contributed by atoms with E-state index in [0.717, 1.165) is 35.2 Å². The number of phenolic OH excluding ortho intramolecular Hbond substituents is 1. The molecule has 1 saturated heterocycles. The van der Waals surface area contributed by atoms with E-state index in [1.54, 1.807) is 6.07 Å². The zero-order chi connectivity index (χ0) is 17.8. The quantitative estimate of drug-likeness (QED) is 0.707. The molecule has 1 aliphatic rings. The lowest BCUT2D eigenvalue weighted by Gasteiger charge is -2.15. The van der Waals surface area contributed by atoms with Crippen LogP contribution < -0.4 is 4.74 Å². The molecular weight excluding hydrogens is 322 g/mol. The number of likely N-dealkylation sites (tertiary alicyclic amines) is 1. The second-order valence-corrected chi connectivity index (χ2v) is 7.00. The number of nitrogens with zero attached hydrogens (tertiary/aromatic N) is 1. The third kappa shape index (κ3) is 3.83. The number of benzene rings is 3. The second kappa shape index (κ2) is 7.79. The molecule has 3 heteroatoms. The normalized spacial score (nSPS) is 14.8. The van der Waals surface area contributed by atoms with Gasteiger partial charge in [0.1, 0.15) is 18.1 Å². The summed E-state index contributed by atoms with van der Waals surface area (Å²) in [5, 5.41) is 12.6. The summed E-state index contributed by atoms with van der Waals surface area (Å²) < 4.78 is 5.88. The van der Waals surface area contributed by atoms with Crippen LogP contribution in [0.5, 0.6) is 11.5 Å². The molecule has 0 radical (unpaired) electrons. The molecule has 1 heterocycles. The zero-order valence-electron chi connectivity index (χ0n) is 15.0. The number of fused-ring (bicyclic) bond motifs is 1. The van der Waals surface area contributed by atoms with E-state index in [4.69, 9.17) is 4.74 Å². The van der Waals surface area contributed by atoms with Gasteiger partial charge < -0.3 is 9.84 Å². The van der Waals surface area contributed by atoms with Crippen molar-refractivity contribution in [2.45, 2.75) is 19.3 Å². The first kappa shape index (κ1) is 16.9. The number of aromatic hydroxyl groups is 1. The van der Waals surface area contributed by atoms with Crippen molar-refractivity contribution in [2.24, 2.45) is 0 Å². The average molecular weight is 347 g/mol. The molecule has 0 aliphatic carbocycles. The lowest BCUT2D eigenvalue weighted by Crippen LogP contribution is -2.25. The molecule has 0 aromatic heterocycles. The maximum Gasteiger partial charge on any atom is 0.119 e. The lowest BCUT2D eigenvalue weighted by molar-refractivity contribution is 0.238. The van der Waals surface area contributed by atoms with Gasteiger partial charge in [0.2, 0.25) is 0 Å². The topological polar surface area (TPSA) is 32.7 Å². The molecule has 1 N–H and O–H groups in total. The Morgan fingerprint density at radius 3 is 2.46 bits per heavy atom. The molecule has 0 atom stereocenters. The minimum absolute atomic E-state index is 0.356. The molecule has 0 spiro atoms. The van der Waals surface area contributed by atoms with E-state index in [0.29, 0.717) is 12.2 Å². The summed E-state index contributed by atoms with van der Waals surface area (Å²) in [6, 6.07) is 20.2. The van der Waals surface area contributed by atoms with E-state index < -0.39 is 0 Å². The first-order chi connectivity index (χ1) is 12.8. The van der Waals surface area contributed by atoms with E-state index in [2.05, 4.69) is 29.2 Å². The summed E-state index contributed by atoms with van der Waals surface area (Å²) in [5.41, 5.74) is 2.15. The van der Waals surface area contributed by atoms with Crippen molar-refractivity contribution in [3.8, 4) is 11.5 Å². The van der Waals surface area contributed by atoms with E-state index in [-0.39, 0.29) is 0 Å². The van der Waals surface area contributed by atoms with Crippen molar-refractivity contribution in [3.05, 3.63) is 71.8 Å². The monoisotopic (exact) mass is 347 g/mol. The number of phenols is 1. The predicted octanol–water partition coefficient (Wildman–Crippen LogP) is 4.61. The number of ether oxygens (including phenoxy) is 1. The lowest BCUT2D eigenvalue weighted by atomic mass is 9.97. The summed E-state index contributed by atoms with van der Waals surface area (Å²) >= 11 is 0. The van der Waals surface area contributed by atoms with Gasteiger partial charge >= 0.3 is 0 Å². The van der Waals surface area contributed by atoms with Crippen LogP contribution in [0.2, 0.25) is 0 Å². The van der Waals surface area contributed by atoms with Crippen LogP contribution in [0.25, 0.3) is 10.8 Å². The molecule has 26 heavy (non-hydrogen) atoms. The minimum Gasteiger partial charge on any atom is -0.508 e. The van der Waals surface area contributed by atoms with Crippen LogP contribution in [0.15, 0.2) is 60.7 Å². The fourth-order valence-corrected chi connectivity index (χ4v) is 3.72. The van der Waals surface area contributed by atoms with Gasteiger partial charge in [0.25, 0.3) is 0 Å². The molecule has 1 fully saturated rings. The maximum absolute atomic E-state index is 10.3. The largest absolute Gasteiger partial charge is 0.508 e. The SMILES string of the molecule is Oc1ccc2ccccc2c1Cc1ccc(OCCN2CCCC2)cc1. The van der Waals surface area contributed by atoms with Gasteiger partial charge in [0.05, 0.1) is 0 Å². The van der Waals surface area contributed by atoms with Gasteiger partial charge in [-0.05, 0) is 60.5 Å². The molecule has 1 aliphatic heterocycles. The second-order valence-electron chi connectivity index (χ2n) is 7.00. The number of rotatable bonds is 6. The van der Waals surface area contributed by atoms with Crippen LogP contribution in [0, 0.1) is 0 Å². The third-order valence-corrected chi connectivity index (χ3v) is 5.20. The van der Waals surface area contributed by atoms with Gasteiger partial charge in [-0.25, -0.2) is 0 Å². The maximum atomic E-state index is 10.3. The standard InChI is InChI=1S/C23H25NO2/c25-23-12-9-19-5-1-2-6-21(19)22(23)17-18-7-10-20(11-8-18)26-16-15-24-13-3-4-14-24/h1-2,5-12,25H,3-4,13-17H2. The van der Waals surface area contributed by atoms with Gasteiger partial charge in [0, 0.05) is 18.5 Å². The Kier molecular flexibility index (Phi) is 5.07. The predicted molar refractivity (Wildman–Crippen MR) is 106 cm³/mol. The van der Waals surface area contributed by atoms with Crippen molar-refractivity contribution < 1.29 is 9.84 Å². The van der Waals surface area contributed by atoms with Gasteiger partial charge in [-0.15, -0.1) is 0 Å². The molecule has 4 rings (SSSR count). The van der Waals surface area contributed by atoms with Crippen LogP contribution >= 0.6 is 0 Å². The third-order valence-electron chi connectivity index (χ3n) is 5.20. The molecule has 0 unspecified atom stereocenters. The van der Waals surface area contributed by atoms with Crippen LogP contribution in [0.4, 0.5) is 0 Å². The minimum atomic E-state index is 0.356. The Bertz CT molecular complexity index is 867. The highest BCUT2D eigenvalue weighted by Crippen LogP contribution is 2.29. The van der Waals surface area contributed by atoms with Crippen molar-refractivity contribution in [1.82, 2.24) is 4.90 Å². The summed E-state index contributed by atoms with van der Waals surface area (Å²) in [5.74, 6) is 1.27. The van der Waals surface area contributed by atoms with E-state index in [1.165, 1.54) is 31.5 Å². The van der Waals surface area contributed by atoms with Gasteiger partial charge in [-0.2, -0.15) is 0 Å². The fraction of sp³-hybridized carbons (Fsp3) is 0.304. The first-order valence-electron chi connectivity index (χ1n) is 9.43. The van der Waals surface area contributed by atoms with Crippen LogP contribution in [-0.4, -0.2) is 36.2 Å². The number of hydrogen-bond donors (Lipinski definition) is 1. The number of hydrogen-bond acceptors (Lipinski definition) is 3. The highest BCUT2D eigenvalue weighted by molar-refractivity contribution is 5.88. The average Bonchev–Trinajstić information content (AvgIpc) is 3.19. The smallest absolute Gasteiger partial charge is 0.119 e. The Labute approximate surface area is 154 Å². The van der Waals surface area contributed by atoms with E-state index >= 15 is 0 Å². The Hall–Kier alpha value is -2.52. The summed E-state index contributed by atoms with van der Waals surface area (Å²) in [4.78, 5) is 2.46. The summed E-state index contributed by atoms with van der Waals surface area (Å²) in [6.45, 7) is 4.16. The summed E-state index contributed by atoms with van der Waals surface area (Å²) in [6.07, 6.45) is 3.34. The van der Waals surface area contributed by atoms with E-state index in [9.17, 15) is 5.11 Å². The Balaban J connectivity index is 1.42. The highest BCUT2D eigenvalue weighted by atomic mass is 16.5.